The number of rotatable bonds is 7. The Morgan fingerprint density at radius 3 is 2.90 bits per heavy atom. The van der Waals surface area contributed by atoms with Crippen molar-refractivity contribution in [1.82, 2.24) is 10.2 Å². The van der Waals surface area contributed by atoms with Gasteiger partial charge < -0.3 is 20.1 Å². The highest BCUT2D eigenvalue weighted by atomic mass is 16.5. The monoisotopic (exact) mass is 290 g/mol. The van der Waals surface area contributed by atoms with Crippen molar-refractivity contribution >= 4 is 0 Å². The van der Waals surface area contributed by atoms with E-state index in [-0.39, 0.29) is 5.41 Å². The number of ether oxygens (including phenoxy) is 1. The van der Waals surface area contributed by atoms with Gasteiger partial charge in [-0.15, -0.1) is 0 Å². The number of nitrogens with zero attached hydrogens (tertiary/aromatic N) is 1. The fourth-order valence-electron chi connectivity index (χ4n) is 3.67. The van der Waals surface area contributed by atoms with E-state index in [1.54, 1.807) is 0 Å². The standard InChI is InChI=1S/C17H26N2O2/c20-14-17-12-18-10-15(17)11-19(13-17)8-4-5-9-21-16-6-2-1-3-7-16/h1-3,6-7,15,18,20H,4-5,8-14H2. The molecule has 0 saturated carbocycles. The lowest BCUT2D eigenvalue weighted by molar-refractivity contribution is 0.124. The second kappa shape index (κ2) is 6.77. The van der Waals surface area contributed by atoms with Crippen LogP contribution >= 0.6 is 0 Å². The largest absolute Gasteiger partial charge is 0.494 e. The summed E-state index contributed by atoms with van der Waals surface area (Å²) in [6.07, 6.45) is 2.24. The summed E-state index contributed by atoms with van der Waals surface area (Å²) in [6.45, 7) is 6.44. The summed E-state index contributed by atoms with van der Waals surface area (Å²) < 4.78 is 5.72. The molecular formula is C17H26N2O2. The van der Waals surface area contributed by atoms with Gasteiger partial charge in [0.25, 0.3) is 0 Å². The van der Waals surface area contributed by atoms with E-state index < -0.39 is 0 Å². The second-order valence-corrected chi connectivity index (χ2v) is 6.45. The van der Waals surface area contributed by atoms with Crippen molar-refractivity contribution in [3.63, 3.8) is 0 Å². The molecule has 2 saturated heterocycles. The summed E-state index contributed by atoms with van der Waals surface area (Å²) in [5.74, 6) is 1.58. The van der Waals surface area contributed by atoms with Crippen LogP contribution in [0.25, 0.3) is 0 Å². The number of fused-ring (bicyclic) bond motifs is 1. The van der Waals surface area contributed by atoms with Gasteiger partial charge >= 0.3 is 0 Å². The van der Waals surface area contributed by atoms with Crippen LogP contribution in [0.3, 0.4) is 0 Å². The normalized spacial score (nSPS) is 28.7. The Morgan fingerprint density at radius 1 is 1.29 bits per heavy atom. The lowest BCUT2D eigenvalue weighted by Crippen LogP contribution is -2.36. The van der Waals surface area contributed by atoms with Crippen LogP contribution in [-0.2, 0) is 0 Å². The van der Waals surface area contributed by atoms with Gasteiger partial charge in [-0.05, 0) is 44.0 Å². The predicted molar refractivity (Wildman–Crippen MR) is 83.5 cm³/mol. The maximum absolute atomic E-state index is 9.69. The SMILES string of the molecule is OCC12CNCC1CN(CCCCOc1ccccc1)C2. The maximum Gasteiger partial charge on any atom is 0.119 e. The predicted octanol–water partition coefficient (Wildman–Crippen LogP) is 1.36. The fraction of sp³-hybridized carbons (Fsp3) is 0.647. The van der Waals surface area contributed by atoms with Crippen molar-refractivity contribution in [3.8, 4) is 5.75 Å². The van der Waals surface area contributed by atoms with Gasteiger partial charge in [0.15, 0.2) is 0 Å². The quantitative estimate of drug-likeness (QED) is 0.744. The molecular weight excluding hydrogens is 264 g/mol. The van der Waals surface area contributed by atoms with Crippen molar-refractivity contribution < 1.29 is 9.84 Å². The van der Waals surface area contributed by atoms with E-state index in [2.05, 4.69) is 10.2 Å². The minimum atomic E-state index is 0.126. The molecule has 4 heteroatoms. The van der Waals surface area contributed by atoms with Crippen LogP contribution in [0, 0.1) is 11.3 Å². The number of benzene rings is 1. The molecule has 0 aliphatic carbocycles. The molecule has 2 unspecified atom stereocenters. The first-order valence-corrected chi connectivity index (χ1v) is 8.04. The van der Waals surface area contributed by atoms with Gasteiger partial charge in [-0.25, -0.2) is 0 Å². The highest BCUT2D eigenvalue weighted by Gasteiger charge is 2.48. The van der Waals surface area contributed by atoms with Gasteiger partial charge in [0, 0.05) is 25.0 Å². The molecule has 2 atom stereocenters. The Hall–Kier alpha value is -1.10. The molecule has 116 valence electrons. The molecule has 2 fully saturated rings. The lowest BCUT2D eigenvalue weighted by Gasteiger charge is -2.25. The molecule has 1 aromatic rings. The molecule has 2 heterocycles. The summed E-state index contributed by atoms with van der Waals surface area (Å²) in [5.41, 5.74) is 0.126. The van der Waals surface area contributed by atoms with E-state index in [0.717, 1.165) is 57.9 Å². The van der Waals surface area contributed by atoms with E-state index >= 15 is 0 Å². The molecule has 0 spiro atoms. The number of nitrogens with one attached hydrogen (secondary N) is 1. The molecule has 0 amide bonds. The van der Waals surface area contributed by atoms with E-state index in [0.29, 0.717) is 12.5 Å². The number of hydrogen-bond donors (Lipinski definition) is 2. The van der Waals surface area contributed by atoms with E-state index in [4.69, 9.17) is 4.74 Å². The topological polar surface area (TPSA) is 44.7 Å². The van der Waals surface area contributed by atoms with Gasteiger partial charge in [0.1, 0.15) is 5.75 Å². The highest BCUT2D eigenvalue weighted by molar-refractivity contribution is 5.20. The number of para-hydroxylation sites is 1. The van der Waals surface area contributed by atoms with Crippen LogP contribution in [0.15, 0.2) is 30.3 Å². The Labute approximate surface area is 127 Å². The summed E-state index contributed by atoms with van der Waals surface area (Å²) >= 11 is 0. The first kappa shape index (κ1) is 14.8. The molecule has 4 nitrogen and oxygen atoms in total. The number of unbranched alkanes of at least 4 members (excludes halogenated alkanes) is 1. The highest BCUT2D eigenvalue weighted by Crippen LogP contribution is 2.38. The van der Waals surface area contributed by atoms with Crippen LogP contribution in [0.5, 0.6) is 5.75 Å². The molecule has 1 aromatic carbocycles. The summed E-state index contributed by atoms with van der Waals surface area (Å²) in [5, 5.41) is 13.1. The van der Waals surface area contributed by atoms with Crippen molar-refractivity contribution in [1.29, 1.82) is 0 Å². The molecule has 0 radical (unpaired) electrons. The Morgan fingerprint density at radius 2 is 2.14 bits per heavy atom. The van der Waals surface area contributed by atoms with Crippen LogP contribution in [-0.4, -0.2) is 55.9 Å². The van der Waals surface area contributed by atoms with Gasteiger partial charge in [-0.2, -0.15) is 0 Å². The van der Waals surface area contributed by atoms with Gasteiger partial charge in [0.05, 0.1) is 13.2 Å². The minimum absolute atomic E-state index is 0.126. The number of aliphatic hydroxyl groups excluding tert-OH is 1. The Kier molecular flexibility index (Phi) is 4.78. The first-order chi connectivity index (χ1) is 10.3. The zero-order chi connectivity index (χ0) is 14.5. The average molecular weight is 290 g/mol. The number of aliphatic hydroxyl groups is 1. The fourth-order valence-corrected chi connectivity index (χ4v) is 3.67. The zero-order valence-electron chi connectivity index (χ0n) is 12.6. The smallest absolute Gasteiger partial charge is 0.119 e. The van der Waals surface area contributed by atoms with Crippen molar-refractivity contribution in [2.24, 2.45) is 11.3 Å². The third kappa shape index (κ3) is 3.39. The van der Waals surface area contributed by atoms with Gasteiger partial charge in [0.2, 0.25) is 0 Å². The summed E-state index contributed by atoms with van der Waals surface area (Å²) in [7, 11) is 0. The summed E-state index contributed by atoms with van der Waals surface area (Å²) in [4.78, 5) is 2.52. The zero-order valence-corrected chi connectivity index (χ0v) is 12.6. The van der Waals surface area contributed by atoms with Crippen LogP contribution < -0.4 is 10.1 Å². The lowest BCUT2D eigenvalue weighted by atomic mass is 9.82. The second-order valence-electron chi connectivity index (χ2n) is 6.45. The molecule has 21 heavy (non-hydrogen) atoms. The van der Waals surface area contributed by atoms with E-state index in [1.807, 2.05) is 30.3 Å². The third-order valence-electron chi connectivity index (χ3n) is 4.95. The van der Waals surface area contributed by atoms with Gasteiger partial charge in [-0.1, -0.05) is 18.2 Å². The molecule has 0 aromatic heterocycles. The van der Waals surface area contributed by atoms with Gasteiger partial charge in [-0.3, -0.25) is 0 Å². The van der Waals surface area contributed by atoms with Crippen molar-refractivity contribution in [2.75, 3.05) is 45.9 Å². The summed E-state index contributed by atoms with van der Waals surface area (Å²) in [6, 6.07) is 10.0. The molecule has 3 rings (SSSR count). The number of hydrogen-bond acceptors (Lipinski definition) is 4. The molecule has 2 N–H and O–H groups in total. The van der Waals surface area contributed by atoms with Crippen LogP contribution in [0.2, 0.25) is 0 Å². The first-order valence-electron chi connectivity index (χ1n) is 8.04. The molecule has 2 aliphatic rings. The third-order valence-corrected chi connectivity index (χ3v) is 4.95. The Balaban J connectivity index is 1.34. The Bertz CT molecular complexity index is 440. The average Bonchev–Trinajstić information content (AvgIpc) is 3.05. The van der Waals surface area contributed by atoms with Crippen LogP contribution in [0.1, 0.15) is 12.8 Å². The molecule has 2 aliphatic heterocycles. The van der Waals surface area contributed by atoms with E-state index in [1.165, 1.54) is 0 Å². The van der Waals surface area contributed by atoms with Crippen molar-refractivity contribution in [2.45, 2.75) is 12.8 Å². The van der Waals surface area contributed by atoms with E-state index in [9.17, 15) is 5.11 Å². The van der Waals surface area contributed by atoms with Crippen LogP contribution in [0.4, 0.5) is 0 Å². The number of likely N-dealkylation sites (tertiary alicyclic amines) is 1. The minimum Gasteiger partial charge on any atom is -0.494 e. The van der Waals surface area contributed by atoms with Crippen molar-refractivity contribution in [3.05, 3.63) is 30.3 Å². The molecule has 0 bridgehead atoms. The maximum atomic E-state index is 9.69.